The van der Waals surface area contributed by atoms with Crippen LogP contribution in [-0.4, -0.2) is 17.0 Å². The van der Waals surface area contributed by atoms with Gasteiger partial charge in [0.2, 0.25) is 0 Å². The van der Waals surface area contributed by atoms with E-state index in [4.69, 9.17) is 0 Å². The average Bonchev–Trinajstić information content (AvgIpc) is 2.73. The van der Waals surface area contributed by atoms with E-state index in [1.807, 2.05) is 5.01 Å². The number of anilines is 1. The molecule has 6 heteroatoms. The van der Waals surface area contributed by atoms with E-state index in [1.165, 1.54) is 18.6 Å². The quantitative estimate of drug-likeness (QED) is 0.581. The Bertz CT molecular complexity index is 479. The predicted octanol–water partition coefficient (Wildman–Crippen LogP) is 2.70. The third-order valence-electron chi connectivity index (χ3n) is 3.56. The minimum Gasteiger partial charge on any atom is -0.258 e. The monoisotopic (exact) mass is 232 g/mol. The second-order valence-corrected chi connectivity index (χ2v) is 4.55. The van der Waals surface area contributed by atoms with Crippen LogP contribution in [0.3, 0.4) is 0 Å². The average molecular weight is 232 g/mol. The van der Waals surface area contributed by atoms with Crippen LogP contribution in [0, 0.1) is 10.1 Å². The maximum Gasteiger partial charge on any atom is 0.269 e. The molecule has 2 aliphatic rings. The third-order valence-corrected chi connectivity index (χ3v) is 3.56. The Morgan fingerprint density at radius 3 is 2.53 bits per heavy atom. The number of hydrogen-bond donors (Lipinski definition) is 0. The molecule has 0 bridgehead atoms. The van der Waals surface area contributed by atoms with E-state index in [9.17, 15) is 10.1 Å². The lowest BCUT2D eigenvalue weighted by atomic mass is 9.76. The smallest absolute Gasteiger partial charge is 0.258 e. The Kier molecular flexibility index (Phi) is 2.10. The number of nitrogens with zero attached hydrogens (tertiary/aromatic N) is 4. The molecule has 1 fully saturated rings. The van der Waals surface area contributed by atoms with Gasteiger partial charge in [-0.25, -0.2) is 5.01 Å². The molecule has 0 unspecified atom stereocenters. The van der Waals surface area contributed by atoms with Crippen LogP contribution < -0.4 is 5.01 Å². The van der Waals surface area contributed by atoms with Crippen LogP contribution in [0.4, 0.5) is 11.4 Å². The zero-order chi connectivity index (χ0) is 11.9. The van der Waals surface area contributed by atoms with E-state index in [0.717, 1.165) is 25.1 Å². The van der Waals surface area contributed by atoms with Gasteiger partial charge >= 0.3 is 0 Å². The van der Waals surface area contributed by atoms with Crippen LogP contribution in [0.15, 0.2) is 34.6 Å². The molecule has 3 rings (SSSR count). The molecule has 0 N–H and O–H groups in total. The van der Waals surface area contributed by atoms with Crippen molar-refractivity contribution in [3.63, 3.8) is 0 Å². The van der Waals surface area contributed by atoms with Crippen molar-refractivity contribution in [2.24, 2.45) is 10.3 Å². The molecule has 17 heavy (non-hydrogen) atoms. The molecule has 6 nitrogen and oxygen atoms in total. The van der Waals surface area contributed by atoms with Crippen LogP contribution in [0.25, 0.3) is 0 Å². The minimum absolute atomic E-state index is 0.0517. The van der Waals surface area contributed by atoms with E-state index in [2.05, 4.69) is 10.3 Å². The normalized spacial score (nSPS) is 20.6. The molecular weight excluding hydrogens is 220 g/mol. The highest BCUT2D eigenvalue weighted by Crippen LogP contribution is 2.44. The van der Waals surface area contributed by atoms with Crippen molar-refractivity contribution >= 4 is 11.4 Å². The summed E-state index contributed by atoms with van der Waals surface area (Å²) in [4.78, 5) is 10.2. The summed E-state index contributed by atoms with van der Waals surface area (Å²) in [5, 5.41) is 20.7. The van der Waals surface area contributed by atoms with Gasteiger partial charge in [-0.3, -0.25) is 10.1 Å². The van der Waals surface area contributed by atoms with Crippen LogP contribution >= 0.6 is 0 Å². The molecule has 88 valence electrons. The number of rotatable bonds is 2. The maximum atomic E-state index is 10.6. The van der Waals surface area contributed by atoms with Crippen LogP contribution in [0.1, 0.15) is 19.3 Å². The molecule has 1 aliphatic carbocycles. The fourth-order valence-corrected chi connectivity index (χ4v) is 2.38. The van der Waals surface area contributed by atoms with Crippen molar-refractivity contribution in [3.8, 4) is 0 Å². The molecule has 0 atom stereocenters. The van der Waals surface area contributed by atoms with Gasteiger partial charge in [0, 0.05) is 12.1 Å². The van der Waals surface area contributed by atoms with Gasteiger partial charge in [-0.05, 0) is 31.4 Å². The number of nitro benzene ring substituents is 1. The van der Waals surface area contributed by atoms with Gasteiger partial charge < -0.3 is 0 Å². The first-order valence-electron chi connectivity index (χ1n) is 5.63. The summed E-state index contributed by atoms with van der Waals surface area (Å²) in [6, 6.07) is 6.50. The van der Waals surface area contributed by atoms with Crippen molar-refractivity contribution in [3.05, 3.63) is 34.4 Å². The topological polar surface area (TPSA) is 71.1 Å². The first kappa shape index (κ1) is 10.2. The lowest BCUT2D eigenvalue weighted by molar-refractivity contribution is -0.384. The Hall–Kier alpha value is -1.98. The SMILES string of the molecule is O=[N+]([O-])c1ccc(N2N=NCC23CCC3)cc1. The zero-order valence-corrected chi connectivity index (χ0v) is 9.24. The summed E-state index contributed by atoms with van der Waals surface area (Å²) in [6.45, 7) is 0.740. The fourth-order valence-electron chi connectivity index (χ4n) is 2.38. The molecule has 1 saturated carbocycles. The standard InChI is InChI=1S/C11H12N4O2/c16-15(17)10-4-2-9(3-5-10)14-11(6-1-7-11)8-12-13-14/h2-5H,1,6-8H2. The second kappa shape index (κ2) is 3.51. The van der Waals surface area contributed by atoms with E-state index in [-0.39, 0.29) is 11.2 Å². The first-order chi connectivity index (χ1) is 8.21. The molecule has 0 aromatic heterocycles. The van der Waals surface area contributed by atoms with Gasteiger partial charge in [0.15, 0.2) is 0 Å². The summed E-state index contributed by atoms with van der Waals surface area (Å²) in [5.41, 5.74) is 1.04. The molecule has 0 saturated heterocycles. The number of benzene rings is 1. The molecular formula is C11H12N4O2. The summed E-state index contributed by atoms with van der Waals surface area (Å²) in [5.74, 6) is 0. The molecule has 1 aliphatic heterocycles. The van der Waals surface area contributed by atoms with Gasteiger partial charge in [0.05, 0.1) is 22.7 Å². The first-order valence-corrected chi connectivity index (χ1v) is 5.63. The van der Waals surface area contributed by atoms with Crippen LogP contribution in [0.2, 0.25) is 0 Å². The molecule has 1 spiro atoms. The summed E-state index contributed by atoms with van der Waals surface area (Å²) in [7, 11) is 0. The molecule has 1 aromatic rings. The maximum absolute atomic E-state index is 10.6. The van der Waals surface area contributed by atoms with Crippen molar-refractivity contribution in [2.75, 3.05) is 11.6 Å². The number of non-ortho nitro benzene ring substituents is 1. The Labute approximate surface area is 98.1 Å². The van der Waals surface area contributed by atoms with E-state index in [0.29, 0.717) is 0 Å². The molecule has 0 radical (unpaired) electrons. The van der Waals surface area contributed by atoms with Gasteiger partial charge in [-0.2, -0.15) is 5.11 Å². The predicted molar refractivity (Wildman–Crippen MR) is 61.9 cm³/mol. The van der Waals surface area contributed by atoms with E-state index < -0.39 is 4.92 Å². The Morgan fingerprint density at radius 1 is 1.29 bits per heavy atom. The van der Waals surface area contributed by atoms with E-state index >= 15 is 0 Å². The summed E-state index contributed by atoms with van der Waals surface area (Å²) < 4.78 is 0. The van der Waals surface area contributed by atoms with Gasteiger partial charge in [0.25, 0.3) is 5.69 Å². The zero-order valence-electron chi connectivity index (χ0n) is 9.24. The van der Waals surface area contributed by atoms with Crippen molar-refractivity contribution < 1.29 is 4.92 Å². The lowest BCUT2D eigenvalue weighted by Gasteiger charge is -2.43. The van der Waals surface area contributed by atoms with E-state index in [1.54, 1.807) is 12.1 Å². The Morgan fingerprint density at radius 2 is 2.00 bits per heavy atom. The van der Waals surface area contributed by atoms with Crippen LogP contribution in [0.5, 0.6) is 0 Å². The highest BCUT2D eigenvalue weighted by Gasteiger charge is 2.46. The van der Waals surface area contributed by atoms with Crippen molar-refractivity contribution in [1.29, 1.82) is 0 Å². The minimum atomic E-state index is -0.394. The number of hydrogen-bond acceptors (Lipinski definition) is 5. The molecule has 1 aromatic carbocycles. The summed E-state index contributed by atoms with van der Waals surface area (Å²) in [6.07, 6.45) is 3.39. The highest BCUT2D eigenvalue weighted by molar-refractivity contribution is 5.53. The number of nitro groups is 1. The lowest BCUT2D eigenvalue weighted by Crippen LogP contribution is -2.50. The molecule has 1 heterocycles. The second-order valence-electron chi connectivity index (χ2n) is 4.55. The fraction of sp³-hybridized carbons (Fsp3) is 0.455. The van der Waals surface area contributed by atoms with Crippen molar-refractivity contribution in [1.82, 2.24) is 0 Å². The van der Waals surface area contributed by atoms with Gasteiger partial charge in [0.1, 0.15) is 0 Å². The third kappa shape index (κ3) is 1.48. The highest BCUT2D eigenvalue weighted by atomic mass is 16.6. The largest absolute Gasteiger partial charge is 0.269 e. The van der Waals surface area contributed by atoms with Crippen LogP contribution in [-0.2, 0) is 0 Å². The summed E-state index contributed by atoms with van der Waals surface area (Å²) >= 11 is 0. The van der Waals surface area contributed by atoms with Gasteiger partial charge in [-0.1, -0.05) is 5.22 Å². The van der Waals surface area contributed by atoms with Crippen molar-refractivity contribution in [2.45, 2.75) is 24.8 Å². The molecule has 0 amide bonds. The van der Waals surface area contributed by atoms with Gasteiger partial charge in [-0.15, -0.1) is 0 Å². The Balaban J connectivity index is 1.89.